The van der Waals surface area contributed by atoms with Crippen molar-refractivity contribution in [2.24, 2.45) is 17.6 Å². The van der Waals surface area contributed by atoms with E-state index in [9.17, 15) is 4.79 Å². The first-order chi connectivity index (χ1) is 8.22. The van der Waals surface area contributed by atoms with Crippen molar-refractivity contribution >= 4 is 5.91 Å². The van der Waals surface area contributed by atoms with Gasteiger partial charge in [-0.1, -0.05) is 13.3 Å². The van der Waals surface area contributed by atoms with Crippen LogP contribution < -0.4 is 5.73 Å². The highest BCUT2D eigenvalue weighted by Crippen LogP contribution is 2.19. The van der Waals surface area contributed by atoms with E-state index in [1.54, 1.807) is 7.11 Å². The van der Waals surface area contributed by atoms with Crippen LogP contribution in [0.15, 0.2) is 0 Å². The van der Waals surface area contributed by atoms with E-state index in [1.807, 2.05) is 4.90 Å². The predicted molar refractivity (Wildman–Crippen MR) is 68.6 cm³/mol. The Kier molecular flexibility index (Phi) is 6.52. The highest BCUT2D eigenvalue weighted by molar-refractivity contribution is 5.79. The van der Waals surface area contributed by atoms with Crippen molar-refractivity contribution in [1.82, 2.24) is 4.90 Å². The average molecular weight is 242 g/mol. The summed E-state index contributed by atoms with van der Waals surface area (Å²) in [6.45, 7) is 5.05. The first-order valence-corrected chi connectivity index (χ1v) is 6.70. The Morgan fingerprint density at radius 3 is 2.94 bits per heavy atom. The SMILES string of the molecule is CCCC(CN)C(=O)N1CCCC(COC)C1. The molecule has 0 aromatic rings. The third-order valence-electron chi connectivity index (χ3n) is 3.50. The Bertz CT molecular complexity index is 231. The molecule has 0 saturated carbocycles. The zero-order valence-corrected chi connectivity index (χ0v) is 11.2. The molecule has 1 aliphatic heterocycles. The van der Waals surface area contributed by atoms with E-state index < -0.39 is 0 Å². The molecule has 1 heterocycles. The molecule has 2 atom stereocenters. The number of likely N-dealkylation sites (tertiary alicyclic amines) is 1. The smallest absolute Gasteiger partial charge is 0.226 e. The first-order valence-electron chi connectivity index (χ1n) is 6.70. The Morgan fingerprint density at radius 2 is 2.35 bits per heavy atom. The largest absolute Gasteiger partial charge is 0.384 e. The van der Waals surface area contributed by atoms with E-state index in [0.717, 1.165) is 39.0 Å². The molecular weight excluding hydrogens is 216 g/mol. The van der Waals surface area contributed by atoms with Crippen molar-refractivity contribution < 1.29 is 9.53 Å². The molecule has 1 fully saturated rings. The van der Waals surface area contributed by atoms with Gasteiger partial charge in [-0.2, -0.15) is 0 Å². The fourth-order valence-electron chi connectivity index (χ4n) is 2.59. The summed E-state index contributed by atoms with van der Waals surface area (Å²) < 4.78 is 5.18. The number of hydrogen-bond acceptors (Lipinski definition) is 3. The molecular formula is C13H26N2O2. The fraction of sp³-hybridized carbons (Fsp3) is 0.923. The zero-order chi connectivity index (χ0) is 12.7. The third-order valence-corrected chi connectivity index (χ3v) is 3.50. The summed E-state index contributed by atoms with van der Waals surface area (Å²) in [5, 5.41) is 0. The van der Waals surface area contributed by atoms with Crippen molar-refractivity contribution in [1.29, 1.82) is 0 Å². The maximum Gasteiger partial charge on any atom is 0.226 e. The minimum atomic E-state index is 0.0151. The van der Waals surface area contributed by atoms with E-state index in [0.29, 0.717) is 12.5 Å². The monoisotopic (exact) mass is 242 g/mol. The molecule has 17 heavy (non-hydrogen) atoms. The maximum absolute atomic E-state index is 12.3. The molecule has 0 aliphatic carbocycles. The summed E-state index contributed by atoms with van der Waals surface area (Å²) in [5.74, 6) is 0.759. The molecule has 4 heteroatoms. The quantitative estimate of drug-likeness (QED) is 0.762. The third kappa shape index (κ3) is 4.28. The summed E-state index contributed by atoms with van der Waals surface area (Å²) in [7, 11) is 1.72. The maximum atomic E-state index is 12.3. The molecule has 1 saturated heterocycles. The Balaban J connectivity index is 2.49. The summed E-state index contributed by atoms with van der Waals surface area (Å²) in [5.41, 5.74) is 5.69. The van der Waals surface area contributed by atoms with Crippen molar-refractivity contribution in [2.45, 2.75) is 32.6 Å². The van der Waals surface area contributed by atoms with Crippen LogP contribution in [0.4, 0.5) is 0 Å². The second kappa shape index (κ2) is 7.67. The van der Waals surface area contributed by atoms with Crippen LogP contribution in [0.5, 0.6) is 0 Å². The number of rotatable bonds is 6. The van der Waals surface area contributed by atoms with Crippen LogP contribution in [0.2, 0.25) is 0 Å². The predicted octanol–water partition coefficient (Wildman–Crippen LogP) is 1.25. The van der Waals surface area contributed by atoms with Crippen LogP contribution >= 0.6 is 0 Å². The van der Waals surface area contributed by atoms with E-state index in [1.165, 1.54) is 6.42 Å². The lowest BCUT2D eigenvalue weighted by Crippen LogP contribution is -2.45. The van der Waals surface area contributed by atoms with Gasteiger partial charge in [-0.3, -0.25) is 4.79 Å². The molecule has 1 aliphatic rings. The molecule has 0 bridgehead atoms. The van der Waals surface area contributed by atoms with Crippen molar-refractivity contribution in [2.75, 3.05) is 33.4 Å². The highest BCUT2D eigenvalue weighted by atomic mass is 16.5. The molecule has 0 aromatic heterocycles. The van der Waals surface area contributed by atoms with E-state index in [4.69, 9.17) is 10.5 Å². The number of carbonyl (C=O) groups excluding carboxylic acids is 1. The average Bonchev–Trinajstić information content (AvgIpc) is 2.36. The van der Waals surface area contributed by atoms with E-state index >= 15 is 0 Å². The van der Waals surface area contributed by atoms with Gasteiger partial charge >= 0.3 is 0 Å². The first kappa shape index (κ1) is 14.5. The van der Waals surface area contributed by atoms with Gasteiger partial charge in [-0.05, 0) is 25.2 Å². The van der Waals surface area contributed by atoms with Crippen molar-refractivity contribution in [3.63, 3.8) is 0 Å². The molecule has 100 valence electrons. The van der Waals surface area contributed by atoms with Gasteiger partial charge in [0.25, 0.3) is 0 Å². The second-order valence-corrected chi connectivity index (χ2v) is 4.97. The number of nitrogens with two attached hydrogens (primary N) is 1. The molecule has 0 spiro atoms. The van der Waals surface area contributed by atoms with Gasteiger partial charge in [0.1, 0.15) is 0 Å². The topological polar surface area (TPSA) is 55.6 Å². The van der Waals surface area contributed by atoms with Crippen LogP contribution in [0.1, 0.15) is 32.6 Å². The fourth-order valence-corrected chi connectivity index (χ4v) is 2.59. The standard InChI is InChI=1S/C13H26N2O2/c1-3-5-12(8-14)13(16)15-7-4-6-11(9-15)10-17-2/h11-12H,3-10,14H2,1-2H3. The zero-order valence-electron chi connectivity index (χ0n) is 11.2. The summed E-state index contributed by atoms with van der Waals surface area (Å²) in [4.78, 5) is 14.3. The summed E-state index contributed by atoms with van der Waals surface area (Å²) >= 11 is 0. The van der Waals surface area contributed by atoms with Crippen LogP contribution in [0, 0.1) is 11.8 Å². The highest BCUT2D eigenvalue weighted by Gasteiger charge is 2.27. The van der Waals surface area contributed by atoms with Crippen LogP contribution in [0.3, 0.4) is 0 Å². The van der Waals surface area contributed by atoms with Crippen molar-refractivity contribution in [3.05, 3.63) is 0 Å². The van der Waals surface area contributed by atoms with Crippen LogP contribution in [-0.4, -0.2) is 44.2 Å². The normalized spacial score (nSPS) is 22.5. The molecule has 0 radical (unpaired) electrons. The van der Waals surface area contributed by atoms with Crippen LogP contribution in [-0.2, 0) is 9.53 Å². The van der Waals surface area contributed by atoms with Gasteiger partial charge in [0, 0.05) is 26.7 Å². The van der Waals surface area contributed by atoms with Crippen LogP contribution in [0.25, 0.3) is 0 Å². The number of hydrogen-bond donors (Lipinski definition) is 1. The second-order valence-electron chi connectivity index (χ2n) is 4.97. The number of amides is 1. The van der Waals surface area contributed by atoms with E-state index in [2.05, 4.69) is 6.92 Å². The lowest BCUT2D eigenvalue weighted by atomic mass is 9.96. The number of ether oxygens (including phenoxy) is 1. The number of piperidine rings is 1. The van der Waals surface area contributed by atoms with Gasteiger partial charge in [0.05, 0.1) is 12.5 Å². The molecule has 2 unspecified atom stereocenters. The minimum absolute atomic E-state index is 0.0151. The van der Waals surface area contributed by atoms with Gasteiger partial charge < -0.3 is 15.4 Å². The number of methoxy groups -OCH3 is 1. The molecule has 1 amide bonds. The van der Waals surface area contributed by atoms with Gasteiger partial charge in [-0.25, -0.2) is 0 Å². The lowest BCUT2D eigenvalue weighted by Gasteiger charge is -2.34. The number of nitrogens with zero attached hydrogens (tertiary/aromatic N) is 1. The Labute approximate surface area is 104 Å². The number of carbonyl (C=O) groups is 1. The summed E-state index contributed by atoms with van der Waals surface area (Å²) in [6, 6.07) is 0. The minimum Gasteiger partial charge on any atom is -0.384 e. The van der Waals surface area contributed by atoms with Crippen molar-refractivity contribution in [3.8, 4) is 0 Å². The lowest BCUT2D eigenvalue weighted by molar-refractivity contribution is -0.137. The Morgan fingerprint density at radius 1 is 1.59 bits per heavy atom. The molecule has 2 N–H and O–H groups in total. The summed E-state index contributed by atoms with van der Waals surface area (Å²) in [6.07, 6.45) is 4.17. The van der Waals surface area contributed by atoms with E-state index in [-0.39, 0.29) is 11.8 Å². The molecule has 0 aromatic carbocycles. The van der Waals surface area contributed by atoms with Gasteiger partial charge in [-0.15, -0.1) is 0 Å². The van der Waals surface area contributed by atoms with Gasteiger partial charge in [0.15, 0.2) is 0 Å². The Hall–Kier alpha value is -0.610. The molecule has 4 nitrogen and oxygen atoms in total. The molecule has 1 rings (SSSR count). The van der Waals surface area contributed by atoms with Gasteiger partial charge in [0.2, 0.25) is 5.91 Å².